The fourth-order valence-electron chi connectivity index (χ4n) is 1.96. The van der Waals surface area contributed by atoms with Crippen LogP contribution in [-0.2, 0) is 4.79 Å². The second-order valence-electron chi connectivity index (χ2n) is 4.19. The molecule has 3 amide bonds. The topological polar surface area (TPSA) is 130 Å². The van der Waals surface area contributed by atoms with Gasteiger partial charge in [0.2, 0.25) is 0 Å². The van der Waals surface area contributed by atoms with E-state index < -0.39 is 17.7 Å². The van der Waals surface area contributed by atoms with Gasteiger partial charge in [-0.1, -0.05) is 12.1 Å². The van der Waals surface area contributed by atoms with E-state index in [1.807, 2.05) is 0 Å². The minimum absolute atomic E-state index is 0.0954. The van der Waals surface area contributed by atoms with Gasteiger partial charge >= 0.3 is 0 Å². The van der Waals surface area contributed by atoms with Gasteiger partial charge in [-0.2, -0.15) is 0 Å². The summed E-state index contributed by atoms with van der Waals surface area (Å²) in [5, 5.41) is 7.07. The molecule has 0 aromatic heterocycles. The molecule has 0 unspecified atom stereocenters. The number of rotatable bonds is 4. The Hall–Kier alpha value is -2.96. The van der Waals surface area contributed by atoms with Gasteiger partial charge in [-0.05, 0) is 12.1 Å². The molecule has 20 heavy (non-hydrogen) atoms. The lowest BCUT2D eigenvalue weighted by Crippen LogP contribution is -2.35. The van der Waals surface area contributed by atoms with E-state index in [0.717, 1.165) is 4.90 Å². The fourth-order valence-corrected chi connectivity index (χ4v) is 1.96. The highest BCUT2D eigenvalue weighted by molar-refractivity contribution is 6.21. The van der Waals surface area contributed by atoms with Gasteiger partial charge in [-0.25, -0.2) is 0 Å². The molecule has 0 atom stereocenters. The fraction of sp³-hybridized carbons (Fsp3) is 0.0769. The molecule has 0 radical (unpaired) electrons. The number of carbonyl (C=O) groups excluding carboxylic acids is 3. The number of hydrogen-bond donors (Lipinski definition) is 3. The third kappa shape index (κ3) is 2.05. The van der Waals surface area contributed by atoms with E-state index in [1.54, 1.807) is 24.3 Å². The molecule has 0 bridgehead atoms. The minimum atomic E-state index is -0.880. The summed E-state index contributed by atoms with van der Waals surface area (Å²) in [5.74, 6) is -1.85. The second-order valence-corrected chi connectivity index (χ2v) is 4.19. The largest absolute Gasteiger partial charge is 0.400 e. The summed E-state index contributed by atoms with van der Waals surface area (Å²) in [7, 11) is 0. The van der Waals surface area contributed by atoms with Gasteiger partial charge in [0, 0.05) is 11.9 Å². The zero-order valence-corrected chi connectivity index (χ0v) is 10.4. The molecule has 1 aromatic carbocycles. The molecular formula is C13H12N4O3. The van der Waals surface area contributed by atoms with Crippen molar-refractivity contribution in [2.75, 3.05) is 6.54 Å². The Labute approximate surface area is 114 Å². The third-order valence-electron chi connectivity index (χ3n) is 2.96. The highest BCUT2D eigenvalue weighted by Crippen LogP contribution is 2.22. The molecule has 1 aromatic rings. The Balaban J connectivity index is 2.34. The van der Waals surface area contributed by atoms with Crippen molar-refractivity contribution < 1.29 is 14.4 Å². The van der Waals surface area contributed by atoms with Crippen LogP contribution < -0.4 is 11.5 Å². The van der Waals surface area contributed by atoms with Gasteiger partial charge < -0.3 is 16.9 Å². The predicted octanol–water partition coefficient (Wildman–Crippen LogP) is -0.370. The number of fused-ring (bicyclic) bond motifs is 1. The van der Waals surface area contributed by atoms with Crippen LogP contribution >= 0.6 is 0 Å². The van der Waals surface area contributed by atoms with E-state index in [2.05, 4.69) is 0 Å². The smallest absolute Gasteiger partial charge is 0.261 e. The Morgan fingerprint density at radius 2 is 1.65 bits per heavy atom. The average molecular weight is 272 g/mol. The molecule has 1 heterocycles. The number of amides is 3. The first kappa shape index (κ1) is 13.5. The van der Waals surface area contributed by atoms with E-state index in [9.17, 15) is 14.4 Å². The van der Waals surface area contributed by atoms with Gasteiger partial charge in [0.1, 0.15) is 0 Å². The van der Waals surface area contributed by atoms with Crippen molar-refractivity contribution in [2.45, 2.75) is 0 Å². The number of nitrogens with zero attached hydrogens (tertiary/aromatic N) is 1. The van der Waals surface area contributed by atoms with Crippen molar-refractivity contribution in [1.29, 1.82) is 5.41 Å². The summed E-state index contributed by atoms with van der Waals surface area (Å²) in [6, 6.07) is 6.39. The SMILES string of the molecule is N=CC(C(N)=O)=C(N)CN1C(=O)c2ccccc2C1=O. The number of primary amides is 1. The van der Waals surface area contributed by atoms with Gasteiger partial charge in [0.15, 0.2) is 0 Å². The molecule has 7 nitrogen and oxygen atoms in total. The molecule has 0 saturated heterocycles. The summed E-state index contributed by atoms with van der Waals surface area (Å²) in [5.41, 5.74) is 11.0. The number of hydrogen-bond acceptors (Lipinski definition) is 5. The molecule has 0 fully saturated rings. The van der Waals surface area contributed by atoms with Crippen LogP contribution in [0.25, 0.3) is 0 Å². The zero-order chi connectivity index (χ0) is 14.9. The lowest BCUT2D eigenvalue weighted by atomic mass is 10.1. The van der Waals surface area contributed by atoms with E-state index in [-0.39, 0.29) is 17.8 Å². The number of imide groups is 1. The maximum absolute atomic E-state index is 12.1. The minimum Gasteiger partial charge on any atom is -0.400 e. The Morgan fingerprint density at radius 1 is 1.15 bits per heavy atom. The standard InChI is InChI=1S/C13H12N4O3/c14-5-9(11(16)18)10(15)6-17-12(19)7-3-1-2-4-8(7)13(17)20/h1-5,14H,6,15H2,(H2,16,18). The first-order valence-electron chi connectivity index (χ1n) is 5.71. The number of nitrogens with one attached hydrogen (secondary N) is 1. The summed E-state index contributed by atoms with van der Waals surface area (Å²) in [6.07, 6.45) is 0.704. The normalized spacial score (nSPS) is 14.9. The van der Waals surface area contributed by atoms with Gasteiger partial charge in [0.25, 0.3) is 17.7 Å². The number of nitrogens with two attached hydrogens (primary N) is 2. The van der Waals surface area contributed by atoms with Crippen LogP contribution in [0.4, 0.5) is 0 Å². The molecule has 0 saturated carbocycles. The van der Waals surface area contributed by atoms with Crippen LogP contribution in [0.2, 0.25) is 0 Å². The Bertz CT molecular complexity index is 628. The summed E-state index contributed by atoms with van der Waals surface area (Å²) in [6.45, 7) is -0.278. The predicted molar refractivity (Wildman–Crippen MR) is 71.0 cm³/mol. The van der Waals surface area contributed by atoms with E-state index in [0.29, 0.717) is 17.3 Å². The van der Waals surface area contributed by atoms with Crippen molar-refractivity contribution >= 4 is 23.9 Å². The van der Waals surface area contributed by atoms with E-state index >= 15 is 0 Å². The van der Waals surface area contributed by atoms with Crippen molar-refractivity contribution in [2.24, 2.45) is 11.5 Å². The second kappa shape index (κ2) is 4.96. The highest BCUT2D eigenvalue weighted by Gasteiger charge is 2.35. The highest BCUT2D eigenvalue weighted by atomic mass is 16.2. The van der Waals surface area contributed by atoms with Crippen molar-refractivity contribution in [1.82, 2.24) is 4.90 Å². The molecule has 0 aliphatic carbocycles. The molecule has 1 aliphatic heterocycles. The molecule has 2 rings (SSSR count). The van der Waals surface area contributed by atoms with Crippen molar-refractivity contribution in [3.8, 4) is 0 Å². The van der Waals surface area contributed by atoms with Crippen molar-refractivity contribution in [3.05, 3.63) is 46.7 Å². The van der Waals surface area contributed by atoms with Gasteiger partial charge in [-0.15, -0.1) is 0 Å². The lowest BCUT2D eigenvalue weighted by Gasteiger charge is -2.14. The molecule has 0 spiro atoms. The molecule has 1 aliphatic rings. The monoisotopic (exact) mass is 272 g/mol. The number of benzene rings is 1. The Kier molecular flexibility index (Phi) is 3.34. The van der Waals surface area contributed by atoms with Crippen LogP contribution in [0.15, 0.2) is 35.5 Å². The lowest BCUT2D eigenvalue weighted by molar-refractivity contribution is -0.114. The van der Waals surface area contributed by atoms with Gasteiger partial charge in [0.05, 0.1) is 23.2 Å². The first-order valence-corrected chi connectivity index (χ1v) is 5.71. The summed E-state index contributed by atoms with van der Waals surface area (Å²) >= 11 is 0. The number of carbonyl (C=O) groups is 3. The van der Waals surface area contributed by atoms with Crippen LogP contribution in [0.1, 0.15) is 20.7 Å². The summed E-state index contributed by atoms with van der Waals surface area (Å²) < 4.78 is 0. The van der Waals surface area contributed by atoms with Crippen LogP contribution in [-0.4, -0.2) is 35.4 Å². The molecule has 7 heteroatoms. The summed E-state index contributed by atoms with van der Waals surface area (Å²) in [4.78, 5) is 36.1. The maximum atomic E-state index is 12.1. The van der Waals surface area contributed by atoms with Crippen molar-refractivity contribution in [3.63, 3.8) is 0 Å². The molecule has 5 N–H and O–H groups in total. The van der Waals surface area contributed by atoms with Crippen LogP contribution in [0, 0.1) is 5.41 Å². The quantitative estimate of drug-likeness (QED) is 0.392. The van der Waals surface area contributed by atoms with E-state index in [1.165, 1.54) is 0 Å². The Morgan fingerprint density at radius 3 is 2.05 bits per heavy atom. The maximum Gasteiger partial charge on any atom is 0.261 e. The third-order valence-corrected chi connectivity index (χ3v) is 2.96. The first-order chi connectivity index (χ1) is 9.47. The average Bonchev–Trinajstić information content (AvgIpc) is 2.65. The van der Waals surface area contributed by atoms with Crippen LogP contribution in [0.3, 0.4) is 0 Å². The zero-order valence-electron chi connectivity index (χ0n) is 10.4. The van der Waals surface area contributed by atoms with E-state index in [4.69, 9.17) is 16.9 Å². The molecular weight excluding hydrogens is 260 g/mol. The van der Waals surface area contributed by atoms with Gasteiger partial charge in [-0.3, -0.25) is 19.3 Å². The van der Waals surface area contributed by atoms with Crippen LogP contribution in [0.5, 0.6) is 0 Å². The molecule has 102 valence electrons.